The Labute approximate surface area is 126 Å². The van der Waals surface area contributed by atoms with Crippen LogP contribution in [0.3, 0.4) is 0 Å². The van der Waals surface area contributed by atoms with Crippen molar-refractivity contribution in [1.29, 1.82) is 0 Å². The van der Waals surface area contributed by atoms with Crippen LogP contribution >= 0.6 is 11.3 Å². The summed E-state index contributed by atoms with van der Waals surface area (Å²) < 4.78 is 1.24. The first kappa shape index (κ1) is 12.4. The fourth-order valence-corrected chi connectivity index (χ4v) is 3.80. The van der Waals surface area contributed by atoms with Crippen LogP contribution in [0.1, 0.15) is 27.7 Å². The maximum Gasteiger partial charge on any atom is 0.255 e. The van der Waals surface area contributed by atoms with Gasteiger partial charge in [-0.1, -0.05) is 30.3 Å². The molecule has 2 aromatic carbocycles. The van der Waals surface area contributed by atoms with Gasteiger partial charge in [0.15, 0.2) is 0 Å². The Kier molecular flexibility index (Phi) is 2.72. The number of hydrogen-bond acceptors (Lipinski definition) is 3. The smallest absolute Gasteiger partial charge is 0.255 e. The minimum absolute atomic E-state index is 0.0206. The quantitative estimate of drug-likeness (QED) is 0.710. The van der Waals surface area contributed by atoms with E-state index in [1.165, 1.54) is 10.1 Å². The Morgan fingerprint density at radius 2 is 1.90 bits per heavy atom. The number of carbonyl (C=O) groups excluding carboxylic acids is 1. The van der Waals surface area contributed by atoms with E-state index in [0.717, 1.165) is 16.8 Å². The molecule has 1 unspecified atom stereocenters. The molecule has 2 N–H and O–H groups in total. The van der Waals surface area contributed by atoms with Crippen LogP contribution in [-0.4, -0.2) is 5.91 Å². The number of nitrogens with one attached hydrogen (secondary N) is 2. The van der Waals surface area contributed by atoms with Gasteiger partial charge in [0.1, 0.15) is 6.17 Å². The maximum absolute atomic E-state index is 12.3. The lowest BCUT2D eigenvalue weighted by Gasteiger charge is -2.29. The van der Waals surface area contributed by atoms with E-state index in [-0.39, 0.29) is 12.1 Å². The third kappa shape index (κ3) is 1.91. The third-order valence-electron chi connectivity index (χ3n) is 3.90. The van der Waals surface area contributed by atoms with Crippen LogP contribution in [0, 0.1) is 6.92 Å². The Morgan fingerprint density at radius 3 is 2.81 bits per heavy atom. The number of aryl methyl sites for hydroxylation is 1. The summed E-state index contributed by atoms with van der Waals surface area (Å²) in [4.78, 5) is 12.3. The Balaban J connectivity index is 1.82. The second-order valence-electron chi connectivity index (χ2n) is 5.24. The molecule has 3 aromatic rings. The topological polar surface area (TPSA) is 41.1 Å². The maximum atomic E-state index is 12.3. The fourth-order valence-electron chi connectivity index (χ4n) is 2.82. The molecule has 1 aliphatic rings. The van der Waals surface area contributed by atoms with Gasteiger partial charge in [-0.2, -0.15) is 0 Å². The Bertz CT molecular complexity index is 853. The average Bonchev–Trinajstić information content (AvgIpc) is 2.92. The molecule has 4 rings (SSSR count). The van der Waals surface area contributed by atoms with Gasteiger partial charge in [0.2, 0.25) is 0 Å². The molecule has 1 atom stereocenters. The van der Waals surface area contributed by atoms with Crippen molar-refractivity contribution in [3.05, 3.63) is 64.5 Å². The summed E-state index contributed by atoms with van der Waals surface area (Å²) >= 11 is 1.70. The molecular formula is C17H14N2OS. The lowest BCUT2D eigenvalue weighted by Crippen LogP contribution is -2.38. The highest BCUT2D eigenvalue weighted by molar-refractivity contribution is 7.17. The van der Waals surface area contributed by atoms with E-state index in [1.54, 1.807) is 11.3 Å². The summed E-state index contributed by atoms with van der Waals surface area (Å²) in [6.07, 6.45) is -0.178. The number of thiophene rings is 1. The molecule has 21 heavy (non-hydrogen) atoms. The molecule has 1 aromatic heterocycles. The van der Waals surface area contributed by atoms with E-state index >= 15 is 0 Å². The summed E-state index contributed by atoms with van der Waals surface area (Å²) in [5, 5.41) is 9.82. The minimum Gasteiger partial charge on any atom is -0.361 e. The van der Waals surface area contributed by atoms with Crippen LogP contribution in [0.15, 0.2) is 47.8 Å². The van der Waals surface area contributed by atoms with Gasteiger partial charge >= 0.3 is 0 Å². The molecule has 0 aliphatic carbocycles. The number of amides is 1. The highest BCUT2D eigenvalue weighted by Gasteiger charge is 2.26. The lowest BCUT2D eigenvalue weighted by molar-refractivity contribution is 0.0936. The molecule has 3 nitrogen and oxygen atoms in total. The largest absolute Gasteiger partial charge is 0.361 e. The van der Waals surface area contributed by atoms with Gasteiger partial charge in [0.25, 0.3) is 5.91 Å². The number of carbonyl (C=O) groups is 1. The van der Waals surface area contributed by atoms with Gasteiger partial charge in [-0.3, -0.25) is 4.79 Å². The van der Waals surface area contributed by atoms with E-state index < -0.39 is 0 Å². The van der Waals surface area contributed by atoms with E-state index in [0.29, 0.717) is 5.56 Å². The minimum atomic E-state index is -0.178. The second kappa shape index (κ2) is 4.60. The van der Waals surface area contributed by atoms with Crippen LogP contribution in [0.5, 0.6) is 0 Å². The number of rotatable bonds is 1. The van der Waals surface area contributed by atoms with Gasteiger partial charge in [0, 0.05) is 10.3 Å². The van der Waals surface area contributed by atoms with Crippen molar-refractivity contribution in [2.24, 2.45) is 0 Å². The highest BCUT2D eigenvalue weighted by atomic mass is 32.1. The first-order valence-electron chi connectivity index (χ1n) is 6.87. The summed E-state index contributed by atoms with van der Waals surface area (Å²) in [6, 6.07) is 14.1. The Morgan fingerprint density at radius 1 is 1.05 bits per heavy atom. The van der Waals surface area contributed by atoms with Crippen LogP contribution in [0.2, 0.25) is 0 Å². The van der Waals surface area contributed by atoms with Gasteiger partial charge in [-0.25, -0.2) is 0 Å². The normalized spacial score (nSPS) is 17.2. The average molecular weight is 294 g/mol. The predicted molar refractivity (Wildman–Crippen MR) is 86.8 cm³/mol. The lowest BCUT2D eigenvalue weighted by atomic mass is 10.0. The number of para-hydroxylation sites is 1. The fraction of sp³-hybridized carbons (Fsp3) is 0.118. The summed E-state index contributed by atoms with van der Waals surface area (Å²) in [7, 11) is 0. The first-order valence-corrected chi connectivity index (χ1v) is 7.75. The summed E-state index contributed by atoms with van der Waals surface area (Å²) in [6.45, 7) is 2.02. The SMILES string of the molecule is Cc1cccc2c1NC(c1csc3ccccc13)NC2=O. The van der Waals surface area contributed by atoms with Gasteiger partial charge in [0.05, 0.1) is 11.3 Å². The molecule has 1 amide bonds. The molecule has 1 aliphatic heterocycles. The Hall–Kier alpha value is -2.33. The summed E-state index contributed by atoms with van der Waals surface area (Å²) in [5.74, 6) is -0.0206. The second-order valence-corrected chi connectivity index (χ2v) is 6.15. The van der Waals surface area contributed by atoms with Crippen molar-refractivity contribution in [2.45, 2.75) is 13.1 Å². The van der Waals surface area contributed by atoms with Gasteiger partial charge < -0.3 is 10.6 Å². The molecular weight excluding hydrogens is 280 g/mol. The standard InChI is InChI=1S/C17H14N2OS/c1-10-5-4-7-12-15(10)18-16(19-17(12)20)13-9-21-14-8-3-2-6-11(13)14/h2-9,16,18H,1H3,(H,19,20). The molecule has 4 heteroatoms. The number of anilines is 1. The molecule has 0 bridgehead atoms. The van der Waals surface area contributed by atoms with Crippen LogP contribution < -0.4 is 10.6 Å². The van der Waals surface area contributed by atoms with Crippen molar-refractivity contribution >= 4 is 33.0 Å². The van der Waals surface area contributed by atoms with Crippen LogP contribution in [0.4, 0.5) is 5.69 Å². The summed E-state index contributed by atoms with van der Waals surface area (Å²) in [5.41, 5.74) is 3.86. The number of fused-ring (bicyclic) bond motifs is 2. The molecule has 0 saturated carbocycles. The van der Waals surface area contributed by atoms with Crippen molar-refractivity contribution in [2.75, 3.05) is 5.32 Å². The molecule has 2 heterocycles. The van der Waals surface area contributed by atoms with E-state index in [1.807, 2.05) is 37.3 Å². The molecule has 104 valence electrons. The first-order chi connectivity index (χ1) is 10.2. The molecule has 0 fully saturated rings. The third-order valence-corrected chi connectivity index (χ3v) is 4.89. The molecule has 0 saturated heterocycles. The molecule has 0 radical (unpaired) electrons. The van der Waals surface area contributed by atoms with E-state index in [9.17, 15) is 4.79 Å². The zero-order valence-corrected chi connectivity index (χ0v) is 12.3. The monoisotopic (exact) mass is 294 g/mol. The zero-order chi connectivity index (χ0) is 14.4. The van der Waals surface area contributed by atoms with Crippen LogP contribution in [0.25, 0.3) is 10.1 Å². The van der Waals surface area contributed by atoms with Crippen molar-refractivity contribution < 1.29 is 4.79 Å². The number of benzene rings is 2. The number of hydrogen-bond donors (Lipinski definition) is 2. The van der Waals surface area contributed by atoms with E-state index in [4.69, 9.17) is 0 Å². The van der Waals surface area contributed by atoms with Crippen LogP contribution in [-0.2, 0) is 0 Å². The van der Waals surface area contributed by atoms with E-state index in [2.05, 4.69) is 28.1 Å². The zero-order valence-electron chi connectivity index (χ0n) is 11.5. The predicted octanol–water partition coefficient (Wildman–Crippen LogP) is 4.06. The van der Waals surface area contributed by atoms with Crippen molar-refractivity contribution in [3.63, 3.8) is 0 Å². The highest BCUT2D eigenvalue weighted by Crippen LogP contribution is 2.34. The van der Waals surface area contributed by atoms with Gasteiger partial charge in [-0.15, -0.1) is 11.3 Å². The van der Waals surface area contributed by atoms with Crippen molar-refractivity contribution in [1.82, 2.24) is 5.32 Å². The van der Waals surface area contributed by atoms with Crippen molar-refractivity contribution in [3.8, 4) is 0 Å². The molecule has 0 spiro atoms. The van der Waals surface area contributed by atoms with Gasteiger partial charge in [-0.05, 0) is 35.4 Å².